The number of rotatable bonds is 8. The number of nitrogens with one attached hydrogen (secondary N) is 2. The first-order valence-corrected chi connectivity index (χ1v) is 11.2. The Kier molecular flexibility index (Phi) is 6.65. The fourth-order valence-corrected chi connectivity index (χ4v) is 4.01. The van der Waals surface area contributed by atoms with Gasteiger partial charge in [-0.05, 0) is 54.7 Å². The minimum atomic E-state index is -0.830. The second-order valence-corrected chi connectivity index (χ2v) is 8.65. The van der Waals surface area contributed by atoms with Crippen molar-refractivity contribution in [3.05, 3.63) is 64.7 Å². The maximum absolute atomic E-state index is 13.2. The van der Waals surface area contributed by atoms with Crippen LogP contribution in [0.2, 0.25) is 5.02 Å². The van der Waals surface area contributed by atoms with E-state index < -0.39 is 18.2 Å². The summed E-state index contributed by atoms with van der Waals surface area (Å²) in [4.78, 5) is 39.4. The molecule has 8 heteroatoms. The number of anilines is 1. The number of halogens is 1. The lowest BCUT2D eigenvalue weighted by Gasteiger charge is -2.24. The van der Waals surface area contributed by atoms with Crippen molar-refractivity contribution < 1.29 is 19.1 Å². The molecule has 1 saturated carbocycles. The molecule has 0 spiro atoms. The van der Waals surface area contributed by atoms with E-state index in [-0.39, 0.29) is 24.4 Å². The van der Waals surface area contributed by atoms with Crippen LogP contribution in [0.3, 0.4) is 0 Å². The Bertz CT molecular complexity index is 1020. The molecule has 1 aliphatic heterocycles. The van der Waals surface area contributed by atoms with Crippen molar-refractivity contribution in [3.63, 3.8) is 0 Å². The average molecular weight is 456 g/mol. The van der Waals surface area contributed by atoms with Crippen molar-refractivity contribution in [1.29, 1.82) is 0 Å². The number of ether oxygens (including phenoxy) is 1. The van der Waals surface area contributed by atoms with Crippen molar-refractivity contribution >= 4 is 35.2 Å². The molecule has 4 rings (SSSR count). The van der Waals surface area contributed by atoms with Gasteiger partial charge < -0.3 is 15.4 Å². The lowest BCUT2D eigenvalue weighted by atomic mass is 10.00. The van der Waals surface area contributed by atoms with Gasteiger partial charge in [-0.3, -0.25) is 14.5 Å². The van der Waals surface area contributed by atoms with E-state index in [0.717, 1.165) is 24.8 Å². The summed E-state index contributed by atoms with van der Waals surface area (Å²) in [7, 11) is 0. The predicted octanol–water partition coefficient (Wildman–Crippen LogP) is 4.42. The van der Waals surface area contributed by atoms with Crippen LogP contribution in [-0.4, -0.2) is 34.9 Å². The zero-order valence-corrected chi connectivity index (χ0v) is 18.6. The number of hydrogen-bond acceptors (Lipinski definition) is 4. The Morgan fingerprint density at radius 3 is 2.66 bits per heavy atom. The highest BCUT2D eigenvalue weighted by atomic mass is 35.5. The Hall–Kier alpha value is -3.06. The molecule has 32 heavy (non-hydrogen) atoms. The molecule has 0 radical (unpaired) electrons. The minimum Gasteiger partial charge on any atom is -0.438 e. The Morgan fingerprint density at radius 2 is 1.94 bits per heavy atom. The van der Waals surface area contributed by atoms with Gasteiger partial charge in [0, 0.05) is 23.2 Å². The van der Waals surface area contributed by atoms with Crippen molar-refractivity contribution in [2.75, 3.05) is 5.32 Å². The summed E-state index contributed by atoms with van der Waals surface area (Å²) in [6.45, 7) is 2.14. The second kappa shape index (κ2) is 9.61. The molecule has 1 heterocycles. The van der Waals surface area contributed by atoms with Crippen LogP contribution >= 0.6 is 11.6 Å². The summed E-state index contributed by atoms with van der Waals surface area (Å²) in [6.07, 6.45) is 1.68. The average Bonchev–Trinajstić information content (AvgIpc) is 3.50. The van der Waals surface area contributed by atoms with Crippen molar-refractivity contribution in [2.45, 2.75) is 57.3 Å². The molecular weight excluding hydrogens is 430 g/mol. The maximum Gasteiger partial charge on any atom is 0.411 e. The number of carbonyl (C=O) groups is 3. The molecule has 168 valence electrons. The van der Waals surface area contributed by atoms with E-state index >= 15 is 0 Å². The molecule has 2 aromatic rings. The number of carbonyl (C=O) groups excluding carboxylic acids is 3. The number of cyclic esters (lactones) is 1. The van der Waals surface area contributed by atoms with E-state index in [1.54, 1.807) is 42.5 Å². The van der Waals surface area contributed by atoms with Gasteiger partial charge in [0.15, 0.2) is 12.1 Å². The van der Waals surface area contributed by atoms with Gasteiger partial charge in [0.1, 0.15) is 0 Å². The molecule has 0 unspecified atom stereocenters. The van der Waals surface area contributed by atoms with Gasteiger partial charge in [-0.25, -0.2) is 4.79 Å². The zero-order valence-electron chi connectivity index (χ0n) is 17.8. The van der Waals surface area contributed by atoms with Crippen LogP contribution < -0.4 is 10.6 Å². The van der Waals surface area contributed by atoms with Crippen LogP contribution in [0, 0.1) is 0 Å². The van der Waals surface area contributed by atoms with E-state index in [0.29, 0.717) is 22.7 Å². The van der Waals surface area contributed by atoms with E-state index in [2.05, 4.69) is 10.6 Å². The third-order valence-corrected chi connectivity index (χ3v) is 5.73. The summed E-state index contributed by atoms with van der Waals surface area (Å²) in [6, 6.07) is 13.6. The van der Waals surface area contributed by atoms with Gasteiger partial charge in [0.25, 0.3) is 0 Å². The summed E-state index contributed by atoms with van der Waals surface area (Å²) in [5, 5.41) is 6.41. The summed E-state index contributed by atoms with van der Waals surface area (Å²) in [5.41, 5.74) is 2.06. The van der Waals surface area contributed by atoms with Crippen LogP contribution in [0.1, 0.15) is 49.8 Å². The molecule has 2 aliphatic rings. The monoisotopic (exact) mass is 455 g/mol. The van der Waals surface area contributed by atoms with Gasteiger partial charge in [-0.1, -0.05) is 42.8 Å². The smallest absolute Gasteiger partial charge is 0.411 e. The first kappa shape index (κ1) is 22.1. The van der Waals surface area contributed by atoms with Crippen LogP contribution in [0.5, 0.6) is 0 Å². The Labute approximate surface area is 192 Å². The Morgan fingerprint density at radius 1 is 1.16 bits per heavy atom. The Balaban J connectivity index is 1.61. The molecule has 0 bridgehead atoms. The molecule has 0 aromatic heterocycles. The molecular formula is C24H26ClN3O4. The fourth-order valence-electron chi connectivity index (χ4n) is 3.80. The minimum absolute atomic E-state index is 0.0846. The molecule has 2 atom stereocenters. The lowest BCUT2D eigenvalue weighted by molar-refractivity contribution is -0.126. The van der Waals surface area contributed by atoms with Crippen molar-refractivity contribution in [3.8, 4) is 0 Å². The molecule has 3 amide bonds. The third-order valence-electron chi connectivity index (χ3n) is 5.50. The number of amides is 3. The first-order chi connectivity index (χ1) is 15.4. The lowest BCUT2D eigenvalue weighted by Crippen LogP contribution is -2.46. The number of benzene rings is 2. The highest BCUT2D eigenvalue weighted by Gasteiger charge is 2.48. The van der Waals surface area contributed by atoms with E-state index in [9.17, 15) is 14.4 Å². The maximum atomic E-state index is 13.2. The molecule has 1 aliphatic carbocycles. The summed E-state index contributed by atoms with van der Waals surface area (Å²) in [5.74, 6) is -0.329. The first-order valence-electron chi connectivity index (χ1n) is 10.9. The quantitative estimate of drug-likeness (QED) is 0.616. The van der Waals surface area contributed by atoms with E-state index in [4.69, 9.17) is 16.3 Å². The van der Waals surface area contributed by atoms with Crippen LogP contribution in [0.15, 0.2) is 48.5 Å². The SMILES string of the molecule is CCCC(=O)Nc1cccc([C@@H]2OC(=O)N(Cc3cccc(Cl)c3)[C@@H]2C(=O)NC2CC2)c1. The highest BCUT2D eigenvalue weighted by molar-refractivity contribution is 6.30. The van der Waals surface area contributed by atoms with Crippen LogP contribution in [0.4, 0.5) is 10.5 Å². The molecule has 2 fully saturated rings. The summed E-state index contributed by atoms with van der Waals surface area (Å²) >= 11 is 6.10. The van der Waals surface area contributed by atoms with Crippen molar-refractivity contribution in [1.82, 2.24) is 10.2 Å². The number of hydrogen-bond donors (Lipinski definition) is 2. The summed E-state index contributed by atoms with van der Waals surface area (Å²) < 4.78 is 5.69. The topological polar surface area (TPSA) is 87.7 Å². The molecule has 2 aromatic carbocycles. The number of nitrogens with zero attached hydrogens (tertiary/aromatic N) is 1. The van der Waals surface area contributed by atoms with Gasteiger partial charge in [-0.2, -0.15) is 0 Å². The normalized spacial score (nSPS) is 20.1. The molecule has 1 saturated heterocycles. The second-order valence-electron chi connectivity index (χ2n) is 8.21. The van der Waals surface area contributed by atoms with Crippen LogP contribution in [-0.2, 0) is 20.9 Å². The van der Waals surface area contributed by atoms with Gasteiger partial charge in [-0.15, -0.1) is 0 Å². The standard InChI is InChI=1S/C24H26ClN3O4/c1-2-5-20(29)26-19-9-4-7-16(13-19)22-21(23(30)27-18-10-11-18)28(24(31)32-22)14-15-6-3-8-17(25)12-15/h3-4,6-9,12-13,18,21-22H,2,5,10-11,14H2,1H3,(H,26,29)(H,27,30)/t21-,22-/m0/s1. The predicted molar refractivity (Wildman–Crippen MR) is 121 cm³/mol. The zero-order chi connectivity index (χ0) is 22.7. The fraction of sp³-hybridized carbons (Fsp3) is 0.375. The van der Waals surface area contributed by atoms with E-state index in [1.165, 1.54) is 4.90 Å². The molecule has 2 N–H and O–H groups in total. The van der Waals surface area contributed by atoms with Gasteiger partial charge >= 0.3 is 6.09 Å². The van der Waals surface area contributed by atoms with Crippen LogP contribution in [0.25, 0.3) is 0 Å². The van der Waals surface area contributed by atoms with E-state index in [1.807, 2.05) is 13.0 Å². The van der Waals surface area contributed by atoms with Crippen molar-refractivity contribution in [2.24, 2.45) is 0 Å². The van der Waals surface area contributed by atoms with Gasteiger partial charge in [0.2, 0.25) is 11.8 Å². The highest BCUT2D eigenvalue weighted by Crippen LogP contribution is 2.36. The third kappa shape index (κ3) is 5.22. The largest absolute Gasteiger partial charge is 0.438 e. The van der Waals surface area contributed by atoms with Gasteiger partial charge in [0.05, 0.1) is 6.54 Å². The molecule has 7 nitrogen and oxygen atoms in total.